The Morgan fingerprint density at radius 2 is 1.84 bits per heavy atom. The smallest absolute Gasteiger partial charge is 0.224 e. The Bertz CT molecular complexity index is 1070. The van der Waals surface area contributed by atoms with Gasteiger partial charge in [0.2, 0.25) is 5.91 Å². The molecule has 31 heavy (non-hydrogen) atoms. The summed E-state index contributed by atoms with van der Waals surface area (Å²) in [6.07, 6.45) is 0.245. The summed E-state index contributed by atoms with van der Waals surface area (Å²) in [6.45, 7) is 3.87. The van der Waals surface area contributed by atoms with Crippen molar-refractivity contribution >= 4 is 18.1 Å². The normalized spacial score (nSPS) is 11.1. The molecule has 164 valence electrons. The summed E-state index contributed by atoms with van der Waals surface area (Å²) in [4.78, 5) is 16.8. The molecule has 0 bridgehead atoms. The largest absolute Gasteiger partial charge is 0.337 e. The summed E-state index contributed by atoms with van der Waals surface area (Å²) >= 11 is 5.39. The summed E-state index contributed by atoms with van der Waals surface area (Å²) in [5.74, 6) is 0.346. The number of likely N-dealkylation sites (N-methyl/N-ethyl adjacent to an activating group) is 1. The average Bonchev–Trinajstić information content (AvgIpc) is 3.11. The number of amides is 1. The predicted molar refractivity (Wildman–Crippen MR) is 123 cm³/mol. The van der Waals surface area contributed by atoms with Crippen LogP contribution in [0.5, 0.6) is 0 Å². The second-order valence-corrected chi connectivity index (χ2v) is 8.22. The van der Waals surface area contributed by atoms with Crippen LogP contribution < -0.4 is 0 Å². The van der Waals surface area contributed by atoms with Gasteiger partial charge in [-0.25, -0.2) is 4.39 Å². The van der Waals surface area contributed by atoms with Gasteiger partial charge in [-0.05, 0) is 39.3 Å². The fraction of sp³-hybridized carbons (Fsp3) is 0.348. The van der Waals surface area contributed by atoms with Crippen molar-refractivity contribution in [2.45, 2.75) is 26.4 Å². The molecule has 0 saturated carbocycles. The maximum Gasteiger partial charge on any atom is 0.224 e. The second-order valence-electron chi connectivity index (χ2n) is 7.83. The van der Waals surface area contributed by atoms with Gasteiger partial charge in [-0.1, -0.05) is 48.0 Å². The fourth-order valence-electron chi connectivity index (χ4n) is 3.26. The van der Waals surface area contributed by atoms with E-state index in [1.165, 1.54) is 6.07 Å². The van der Waals surface area contributed by atoms with Gasteiger partial charge in [0.25, 0.3) is 0 Å². The number of benzene rings is 2. The summed E-state index contributed by atoms with van der Waals surface area (Å²) in [7, 11) is 3.90. The quantitative estimate of drug-likeness (QED) is 0.509. The Hall–Kier alpha value is -2.84. The van der Waals surface area contributed by atoms with Crippen LogP contribution >= 0.6 is 12.2 Å². The number of hydrogen-bond donors (Lipinski definition) is 1. The average molecular weight is 442 g/mol. The molecule has 0 saturated heterocycles. The minimum absolute atomic E-state index is 0.0527. The van der Waals surface area contributed by atoms with Crippen LogP contribution in [-0.2, 0) is 17.9 Å². The van der Waals surface area contributed by atoms with Crippen molar-refractivity contribution in [1.29, 1.82) is 0 Å². The number of rotatable bonds is 9. The zero-order valence-corrected chi connectivity index (χ0v) is 19.0. The number of carbonyl (C=O) groups excluding carboxylic acids is 1. The maximum absolute atomic E-state index is 14.2. The molecule has 0 aliphatic heterocycles. The Balaban J connectivity index is 1.75. The number of H-pyrrole nitrogens is 1. The molecule has 3 rings (SSSR count). The van der Waals surface area contributed by atoms with E-state index >= 15 is 0 Å². The summed E-state index contributed by atoms with van der Waals surface area (Å²) in [6, 6.07) is 14.6. The molecule has 0 unspecified atom stereocenters. The topological polar surface area (TPSA) is 57.2 Å². The third kappa shape index (κ3) is 6.08. The monoisotopic (exact) mass is 441 g/mol. The highest BCUT2D eigenvalue weighted by Gasteiger charge is 2.17. The van der Waals surface area contributed by atoms with Crippen LogP contribution in [0, 0.1) is 17.5 Å². The Labute approximate surface area is 187 Å². The number of nitrogens with one attached hydrogen (secondary N) is 1. The third-order valence-electron chi connectivity index (χ3n) is 5.11. The highest BCUT2D eigenvalue weighted by atomic mass is 32.1. The molecule has 1 N–H and O–H groups in total. The molecule has 0 aliphatic carbocycles. The van der Waals surface area contributed by atoms with E-state index in [0.717, 1.165) is 11.1 Å². The molecule has 1 heterocycles. The van der Waals surface area contributed by atoms with E-state index in [1.54, 1.807) is 23.1 Å². The van der Waals surface area contributed by atoms with Crippen molar-refractivity contribution in [2.75, 3.05) is 27.2 Å². The Morgan fingerprint density at radius 3 is 2.52 bits per heavy atom. The van der Waals surface area contributed by atoms with E-state index in [1.807, 2.05) is 54.8 Å². The SMILES string of the molecule is Cc1ccc(-c2n[nH]c(=S)n2CCC(=O)N(CCN(C)C)Cc2ccccc2F)cc1. The molecule has 0 atom stereocenters. The molecule has 2 aromatic carbocycles. The summed E-state index contributed by atoms with van der Waals surface area (Å²) in [5, 5.41) is 7.17. The van der Waals surface area contributed by atoms with Gasteiger partial charge in [0.05, 0.1) is 0 Å². The molecule has 0 fully saturated rings. The first-order chi connectivity index (χ1) is 14.8. The molecule has 0 aliphatic rings. The number of hydrogen-bond acceptors (Lipinski definition) is 4. The highest BCUT2D eigenvalue weighted by molar-refractivity contribution is 7.71. The molecule has 0 spiro atoms. The van der Waals surface area contributed by atoms with Crippen LogP contribution in [0.25, 0.3) is 11.4 Å². The Morgan fingerprint density at radius 1 is 1.13 bits per heavy atom. The zero-order chi connectivity index (χ0) is 22.4. The van der Waals surface area contributed by atoms with Gasteiger partial charge in [-0.2, -0.15) is 5.10 Å². The van der Waals surface area contributed by atoms with E-state index in [9.17, 15) is 9.18 Å². The van der Waals surface area contributed by atoms with E-state index in [0.29, 0.717) is 35.8 Å². The molecule has 3 aromatic rings. The van der Waals surface area contributed by atoms with Gasteiger partial charge < -0.3 is 9.80 Å². The van der Waals surface area contributed by atoms with Crippen molar-refractivity contribution in [3.05, 3.63) is 70.2 Å². The minimum Gasteiger partial charge on any atom is -0.337 e. The van der Waals surface area contributed by atoms with Crippen molar-refractivity contribution in [1.82, 2.24) is 24.6 Å². The van der Waals surface area contributed by atoms with E-state index in [-0.39, 0.29) is 24.7 Å². The lowest BCUT2D eigenvalue weighted by molar-refractivity contribution is -0.132. The molecular formula is C23H28FN5OS. The third-order valence-corrected chi connectivity index (χ3v) is 5.42. The number of nitrogens with zero attached hydrogens (tertiary/aromatic N) is 4. The number of aromatic amines is 1. The van der Waals surface area contributed by atoms with Crippen LogP contribution in [0.1, 0.15) is 17.5 Å². The van der Waals surface area contributed by atoms with Crippen LogP contribution in [-0.4, -0.2) is 57.7 Å². The van der Waals surface area contributed by atoms with Crippen LogP contribution in [0.15, 0.2) is 48.5 Å². The molecular weight excluding hydrogens is 413 g/mol. The number of aromatic nitrogens is 3. The minimum atomic E-state index is -0.302. The van der Waals surface area contributed by atoms with Crippen LogP contribution in [0.3, 0.4) is 0 Å². The first kappa shape index (κ1) is 22.8. The van der Waals surface area contributed by atoms with Crippen molar-refractivity contribution in [3.8, 4) is 11.4 Å². The molecule has 1 aromatic heterocycles. The number of aryl methyl sites for hydroxylation is 1. The van der Waals surface area contributed by atoms with Gasteiger partial charge in [-0.3, -0.25) is 14.5 Å². The standard InChI is InChI=1S/C23H28FN5OS/c1-17-8-10-18(11-9-17)22-25-26-23(31)29(22)13-12-21(30)28(15-14-27(2)3)16-19-6-4-5-7-20(19)24/h4-11H,12-16H2,1-3H3,(H,26,31). The summed E-state index contributed by atoms with van der Waals surface area (Å²) < 4.78 is 16.5. The molecule has 6 nitrogen and oxygen atoms in total. The lowest BCUT2D eigenvalue weighted by Gasteiger charge is -2.25. The lowest BCUT2D eigenvalue weighted by Crippen LogP contribution is -2.36. The fourth-order valence-corrected chi connectivity index (χ4v) is 3.48. The lowest BCUT2D eigenvalue weighted by atomic mass is 10.1. The predicted octanol–water partition coefficient (Wildman–Crippen LogP) is 4.04. The highest BCUT2D eigenvalue weighted by Crippen LogP contribution is 2.19. The molecule has 1 amide bonds. The van der Waals surface area contributed by atoms with Crippen LogP contribution in [0.2, 0.25) is 0 Å². The number of carbonyl (C=O) groups is 1. The van der Waals surface area contributed by atoms with E-state index in [4.69, 9.17) is 12.2 Å². The van der Waals surface area contributed by atoms with Gasteiger partial charge in [-0.15, -0.1) is 0 Å². The first-order valence-corrected chi connectivity index (χ1v) is 10.6. The molecule has 0 radical (unpaired) electrons. The van der Waals surface area contributed by atoms with Gasteiger partial charge >= 0.3 is 0 Å². The van der Waals surface area contributed by atoms with Crippen molar-refractivity contribution in [2.24, 2.45) is 0 Å². The number of halogens is 1. The van der Waals surface area contributed by atoms with Gasteiger partial charge in [0.15, 0.2) is 10.6 Å². The van der Waals surface area contributed by atoms with E-state index < -0.39 is 0 Å². The van der Waals surface area contributed by atoms with Gasteiger partial charge in [0.1, 0.15) is 5.82 Å². The van der Waals surface area contributed by atoms with E-state index in [2.05, 4.69) is 10.2 Å². The summed E-state index contributed by atoms with van der Waals surface area (Å²) in [5.41, 5.74) is 2.60. The molecule has 8 heteroatoms. The first-order valence-electron chi connectivity index (χ1n) is 10.2. The van der Waals surface area contributed by atoms with Crippen LogP contribution in [0.4, 0.5) is 4.39 Å². The van der Waals surface area contributed by atoms with Crippen molar-refractivity contribution in [3.63, 3.8) is 0 Å². The Kier molecular flexibility index (Phi) is 7.70. The zero-order valence-electron chi connectivity index (χ0n) is 18.1. The van der Waals surface area contributed by atoms with Gasteiger partial charge in [0, 0.05) is 43.7 Å². The maximum atomic E-state index is 14.2. The second kappa shape index (κ2) is 10.5. The van der Waals surface area contributed by atoms with Crippen molar-refractivity contribution < 1.29 is 9.18 Å².